The molecule has 1 saturated heterocycles. The van der Waals surface area contributed by atoms with Crippen LogP contribution >= 0.6 is 23.2 Å². The summed E-state index contributed by atoms with van der Waals surface area (Å²) >= 11 is 12.3. The maximum Gasteiger partial charge on any atom is 0.261 e. The second kappa shape index (κ2) is 10.5. The number of nitrogens with one attached hydrogen (secondary N) is 3. The van der Waals surface area contributed by atoms with Gasteiger partial charge in [0.15, 0.2) is 9.84 Å². The van der Waals surface area contributed by atoms with E-state index in [1.54, 1.807) is 0 Å². The lowest BCUT2D eigenvalue weighted by molar-refractivity contribution is 0.0509. The Balaban J connectivity index is 1.38. The van der Waals surface area contributed by atoms with Gasteiger partial charge in [0.2, 0.25) is 10.0 Å². The van der Waals surface area contributed by atoms with Crippen molar-refractivity contribution in [2.75, 3.05) is 29.4 Å². The Morgan fingerprint density at radius 2 is 1.53 bits per heavy atom. The molecule has 4 rings (SSSR count). The first-order chi connectivity index (χ1) is 16.9. The minimum absolute atomic E-state index is 0.0154. The molecule has 2 heterocycles. The standard InChI is InChI=1S/C21H23Cl2N3O7S3/c22-17-5-6-19(21-20(17)18(23)13-24-21)26-36(31,32)16-3-1-15(2-4-16)35(29,30)25-9-10-33-14-7-11-34(27,28)12-8-14/h1-6,13-14,24-26H,7-12H2. The predicted molar refractivity (Wildman–Crippen MR) is 138 cm³/mol. The highest BCUT2D eigenvalue weighted by molar-refractivity contribution is 7.92. The Kier molecular flexibility index (Phi) is 7.91. The van der Waals surface area contributed by atoms with Gasteiger partial charge in [-0.2, -0.15) is 0 Å². The fraction of sp³-hybridized carbons (Fsp3) is 0.333. The number of hydrogen-bond acceptors (Lipinski definition) is 7. The lowest BCUT2D eigenvalue weighted by Gasteiger charge is -2.22. The molecule has 1 aliphatic heterocycles. The summed E-state index contributed by atoms with van der Waals surface area (Å²) < 4.78 is 84.2. The van der Waals surface area contributed by atoms with Crippen LogP contribution in [0.4, 0.5) is 5.69 Å². The molecule has 0 spiro atoms. The summed E-state index contributed by atoms with van der Waals surface area (Å²) in [5.74, 6) is 0.129. The summed E-state index contributed by atoms with van der Waals surface area (Å²) in [7, 11) is -11.0. The zero-order valence-electron chi connectivity index (χ0n) is 18.7. The van der Waals surface area contributed by atoms with E-state index < -0.39 is 29.9 Å². The Morgan fingerprint density at radius 3 is 2.17 bits per heavy atom. The van der Waals surface area contributed by atoms with Gasteiger partial charge >= 0.3 is 0 Å². The van der Waals surface area contributed by atoms with Gasteiger partial charge in [-0.25, -0.2) is 30.0 Å². The molecule has 0 saturated carbocycles. The number of hydrogen-bond donors (Lipinski definition) is 3. The van der Waals surface area contributed by atoms with Crippen LogP contribution in [0.25, 0.3) is 10.9 Å². The zero-order chi connectivity index (χ0) is 26.1. The number of sulfonamides is 2. The Bertz CT molecular complexity index is 1570. The van der Waals surface area contributed by atoms with Gasteiger partial charge < -0.3 is 9.72 Å². The normalized spacial score (nSPS) is 16.8. The first kappa shape index (κ1) is 27.2. The largest absolute Gasteiger partial charge is 0.377 e. The third-order valence-electron chi connectivity index (χ3n) is 5.67. The smallest absolute Gasteiger partial charge is 0.261 e. The zero-order valence-corrected chi connectivity index (χ0v) is 22.7. The van der Waals surface area contributed by atoms with Crippen molar-refractivity contribution >= 4 is 69.7 Å². The minimum atomic E-state index is -4.05. The molecule has 1 aromatic heterocycles. The highest BCUT2D eigenvalue weighted by Crippen LogP contribution is 2.35. The highest BCUT2D eigenvalue weighted by Gasteiger charge is 2.24. The van der Waals surface area contributed by atoms with Gasteiger partial charge in [-0.15, -0.1) is 0 Å². The van der Waals surface area contributed by atoms with Crippen molar-refractivity contribution in [2.45, 2.75) is 28.7 Å². The highest BCUT2D eigenvalue weighted by atomic mass is 35.5. The average Bonchev–Trinajstić information content (AvgIpc) is 3.22. The second-order valence-electron chi connectivity index (χ2n) is 8.18. The van der Waals surface area contributed by atoms with Crippen LogP contribution < -0.4 is 9.44 Å². The van der Waals surface area contributed by atoms with Gasteiger partial charge in [-0.3, -0.25) is 4.72 Å². The van der Waals surface area contributed by atoms with Gasteiger partial charge in [0.1, 0.15) is 0 Å². The molecule has 2 aromatic carbocycles. The summed E-state index contributed by atoms with van der Waals surface area (Å²) in [6.45, 7) is 0.0666. The van der Waals surface area contributed by atoms with E-state index in [1.807, 2.05) is 0 Å². The van der Waals surface area contributed by atoms with E-state index in [4.69, 9.17) is 27.9 Å². The molecule has 1 fully saturated rings. The number of sulfone groups is 1. The van der Waals surface area contributed by atoms with E-state index in [9.17, 15) is 25.3 Å². The van der Waals surface area contributed by atoms with E-state index in [0.29, 0.717) is 33.8 Å². The van der Waals surface area contributed by atoms with Gasteiger partial charge in [-0.05, 0) is 49.2 Å². The minimum Gasteiger partial charge on any atom is -0.377 e. The number of aromatic amines is 1. The van der Waals surface area contributed by atoms with Crippen molar-refractivity contribution < 1.29 is 30.0 Å². The molecule has 0 bridgehead atoms. The molecule has 0 aliphatic carbocycles. The maximum absolute atomic E-state index is 12.9. The van der Waals surface area contributed by atoms with Crippen molar-refractivity contribution in [1.29, 1.82) is 0 Å². The third-order valence-corrected chi connectivity index (χ3v) is 10.9. The monoisotopic (exact) mass is 595 g/mol. The topological polar surface area (TPSA) is 151 Å². The molecule has 0 unspecified atom stereocenters. The second-order valence-corrected chi connectivity index (χ2v) is 14.7. The molecule has 0 radical (unpaired) electrons. The Morgan fingerprint density at radius 1 is 0.917 bits per heavy atom. The molecule has 10 nitrogen and oxygen atoms in total. The molecule has 36 heavy (non-hydrogen) atoms. The van der Waals surface area contributed by atoms with Crippen molar-refractivity contribution in [3.8, 4) is 0 Å². The maximum atomic E-state index is 12.9. The number of halogens is 2. The van der Waals surface area contributed by atoms with Crippen LogP contribution in [0.2, 0.25) is 10.0 Å². The van der Waals surface area contributed by atoms with Crippen molar-refractivity contribution in [3.05, 3.63) is 52.6 Å². The first-order valence-corrected chi connectivity index (χ1v) is 16.3. The lowest BCUT2D eigenvalue weighted by Crippen LogP contribution is -2.32. The number of H-pyrrole nitrogens is 1. The van der Waals surface area contributed by atoms with Crippen LogP contribution in [0.15, 0.2) is 52.4 Å². The van der Waals surface area contributed by atoms with E-state index >= 15 is 0 Å². The predicted octanol–water partition coefficient (Wildman–Crippen LogP) is 3.15. The van der Waals surface area contributed by atoms with Crippen molar-refractivity contribution in [3.63, 3.8) is 0 Å². The van der Waals surface area contributed by atoms with Crippen LogP contribution in [-0.2, 0) is 34.6 Å². The van der Waals surface area contributed by atoms with Gasteiger partial charge in [0.05, 0.1) is 55.3 Å². The summed E-state index contributed by atoms with van der Waals surface area (Å²) in [4.78, 5) is 2.62. The van der Waals surface area contributed by atoms with Crippen molar-refractivity contribution in [2.24, 2.45) is 0 Å². The van der Waals surface area contributed by atoms with E-state index in [2.05, 4.69) is 14.4 Å². The van der Waals surface area contributed by atoms with Crippen LogP contribution in [0, 0.1) is 0 Å². The molecule has 0 amide bonds. The van der Waals surface area contributed by atoms with E-state index in [0.717, 1.165) is 0 Å². The number of benzene rings is 2. The van der Waals surface area contributed by atoms with Gasteiger partial charge in [0, 0.05) is 18.1 Å². The summed E-state index contributed by atoms with van der Waals surface area (Å²) in [5.41, 5.74) is 0.645. The molecule has 0 atom stereocenters. The van der Waals surface area contributed by atoms with Crippen LogP contribution in [0.3, 0.4) is 0 Å². The molecular formula is C21H23Cl2N3O7S3. The van der Waals surface area contributed by atoms with Crippen LogP contribution in [0.5, 0.6) is 0 Å². The third kappa shape index (κ3) is 6.15. The lowest BCUT2D eigenvalue weighted by atomic mass is 10.2. The van der Waals surface area contributed by atoms with E-state index in [1.165, 1.54) is 42.6 Å². The van der Waals surface area contributed by atoms with Gasteiger partial charge in [0.25, 0.3) is 10.0 Å². The number of anilines is 1. The number of ether oxygens (including phenoxy) is 1. The summed E-state index contributed by atoms with van der Waals surface area (Å²) in [5, 5.41) is 1.18. The van der Waals surface area contributed by atoms with E-state index in [-0.39, 0.29) is 46.2 Å². The van der Waals surface area contributed by atoms with Crippen LogP contribution in [-0.4, -0.2) is 61.0 Å². The van der Waals surface area contributed by atoms with Gasteiger partial charge in [-0.1, -0.05) is 23.2 Å². The Labute approximate surface area is 219 Å². The van der Waals surface area contributed by atoms with Crippen LogP contribution in [0.1, 0.15) is 12.8 Å². The SMILES string of the molecule is O=S1(=O)CCC(OCCNS(=O)(=O)c2ccc(S(=O)(=O)Nc3ccc(Cl)c4c(Cl)c[nH]c34)cc2)CC1. The number of aromatic nitrogens is 1. The molecule has 15 heteroatoms. The number of fused-ring (bicyclic) bond motifs is 1. The fourth-order valence-electron chi connectivity index (χ4n) is 3.78. The molecule has 196 valence electrons. The first-order valence-electron chi connectivity index (χ1n) is 10.8. The average molecular weight is 597 g/mol. The quantitative estimate of drug-likeness (QED) is 0.321. The molecule has 3 aromatic rings. The molecule has 3 N–H and O–H groups in total. The number of rotatable bonds is 9. The molecule has 1 aliphatic rings. The Hall–Kier alpha value is -1.87. The summed E-state index contributed by atoms with van der Waals surface area (Å²) in [6.07, 6.45) is 2.04. The summed E-state index contributed by atoms with van der Waals surface area (Å²) in [6, 6.07) is 7.75. The van der Waals surface area contributed by atoms with Crippen molar-refractivity contribution in [1.82, 2.24) is 9.71 Å². The fourth-order valence-corrected chi connectivity index (χ4v) is 7.87. The molecular weight excluding hydrogens is 573 g/mol.